The molecule has 0 bridgehead atoms. The summed E-state index contributed by atoms with van der Waals surface area (Å²) < 4.78 is 2.30. The molecule has 1 rings (SSSR count). The molecular weight excluding hydrogens is 134 g/mol. The van der Waals surface area contributed by atoms with Crippen LogP contribution in [0.4, 0.5) is 0 Å². The lowest BCUT2D eigenvalue weighted by Crippen LogP contribution is -2.36. The van der Waals surface area contributed by atoms with Crippen molar-refractivity contribution in [3.8, 4) is 0 Å². The van der Waals surface area contributed by atoms with Gasteiger partial charge in [0.05, 0.1) is 0 Å². The van der Waals surface area contributed by atoms with Gasteiger partial charge in [0.1, 0.15) is 6.54 Å². The fourth-order valence-electron chi connectivity index (χ4n) is 1.31. The Kier molecular flexibility index (Phi) is 2.64. The van der Waals surface area contributed by atoms with Crippen molar-refractivity contribution in [2.45, 2.75) is 33.7 Å². The second-order valence-electron chi connectivity index (χ2n) is 2.84. The van der Waals surface area contributed by atoms with E-state index in [1.54, 1.807) is 0 Å². The highest BCUT2D eigenvalue weighted by atomic mass is 14.9. The molecule has 0 saturated carbocycles. The van der Waals surface area contributed by atoms with E-state index in [0.29, 0.717) is 0 Å². The number of hydrogen-bond acceptors (Lipinski definition) is 0. The summed E-state index contributed by atoms with van der Waals surface area (Å²) in [4.78, 5) is 0. The van der Waals surface area contributed by atoms with Crippen LogP contribution >= 0.6 is 0 Å². The minimum absolute atomic E-state index is 1.07. The van der Waals surface area contributed by atoms with Crippen LogP contribution in [0, 0.1) is 6.92 Å². The molecule has 0 spiro atoms. The molecule has 0 aliphatic rings. The summed E-state index contributed by atoms with van der Waals surface area (Å²) >= 11 is 0. The van der Waals surface area contributed by atoms with Crippen LogP contribution in [0.2, 0.25) is 0 Å². The Morgan fingerprint density at radius 3 is 2.55 bits per heavy atom. The third-order valence-corrected chi connectivity index (χ3v) is 1.97. The highest BCUT2D eigenvalue weighted by molar-refractivity contribution is 5.06. The molecule has 0 unspecified atom stereocenters. The summed E-state index contributed by atoms with van der Waals surface area (Å²) in [7, 11) is 0. The molecule has 0 N–H and O–H groups in total. The number of nitrogens with zero attached hydrogens (tertiary/aromatic N) is 1. The molecule has 1 nitrogen and oxygen atoms in total. The van der Waals surface area contributed by atoms with Crippen LogP contribution in [0.25, 0.3) is 0 Å². The van der Waals surface area contributed by atoms with Crippen LogP contribution in [-0.2, 0) is 13.0 Å². The summed E-state index contributed by atoms with van der Waals surface area (Å²) in [6, 6.07) is 4.38. The fraction of sp³-hybridized carbons (Fsp3) is 0.500. The zero-order chi connectivity index (χ0) is 8.27. The van der Waals surface area contributed by atoms with Gasteiger partial charge >= 0.3 is 0 Å². The predicted octanol–water partition coefficient (Wildman–Crippen LogP) is 1.86. The molecule has 1 heterocycles. The summed E-state index contributed by atoms with van der Waals surface area (Å²) in [5, 5.41) is 0. The van der Waals surface area contributed by atoms with Gasteiger partial charge in [-0.2, -0.15) is 0 Å². The molecule has 1 aromatic heterocycles. The van der Waals surface area contributed by atoms with Crippen LogP contribution in [0.5, 0.6) is 0 Å². The average molecular weight is 150 g/mol. The molecular formula is C10H16N+. The third-order valence-electron chi connectivity index (χ3n) is 1.97. The Morgan fingerprint density at radius 1 is 1.27 bits per heavy atom. The predicted molar refractivity (Wildman–Crippen MR) is 46.4 cm³/mol. The van der Waals surface area contributed by atoms with Gasteiger partial charge in [-0.15, -0.1) is 0 Å². The minimum Gasteiger partial charge on any atom is -0.203 e. The maximum Gasteiger partial charge on any atom is 0.181 e. The van der Waals surface area contributed by atoms with E-state index in [9.17, 15) is 0 Å². The van der Waals surface area contributed by atoms with Crippen molar-refractivity contribution in [1.82, 2.24) is 0 Å². The molecule has 0 aliphatic heterocycles. The van der Waals surface area contributed by atoms with Gasteiger partial charge < -0.3 is 0 Å². The molecule has 60 valence electrons. The van der Waals surface area contributed by atoms with Gasteiger partial charge in [0.25, 0.3) is 0 Å². The number of aromatic nitrogens is 1. The average Bonchev–Trinajstić information content (AvgIpc) is 2.04. The lowest BCUT2D eigenvalue weighted by molar-refractivity contribution is -0.701. The molecule has 0 atom stereocenters. The fourth-order valence-corrected chi connectivity index (χ4v) is 1.31. The molecule has 0 radical (unpaired) electrons. The summed E-state index contributed by atoms with van der Waals surface area (Å²) in [5.41, 5.74) is 2.75. The van der Waals surface area contributed by atoms with Crippen molar-refractivity contribution >= 4 is 0 Å². The lowest BCUT2D eigenvalue weighted by Gasteiger charge is -1.99. The van der Waals surface area contributed by atoms with E-state index in [0.717, 1.165) is 13.0 Å². The standard InChI is InChI=1S/C10H16N/c1-4-10-7-6-9(3)8-11(10)5-2/h6-8H,4-5H2,1-3H3/q+1. The zero-order valence-electron chi connectivity index (χ0n) is 7.59. The topological polar surface area (TPSA) is 3.88 Å². The quantitative estimate of drug-likeness (QED) is 0.567. The molecule has 0 aliphatic carbocycles. The largest absolute Gasteiger partial charge is 0.203 e. The van der Waals surface area contributed by atoms with Crippen LogP contribution in [0.3, 0.4) is 0 Å². The van der Waals surface area contributed by atoms with E-state index in [1.807, 2.05) is 0 Å². The first-order valence-corrected chi connectivity index (χ1v) is 4.27. The summed E-state index contributed by atoms with van der Waals surface area (Å²) in [6.45, 7) is 7.58. The highest BCUT2D eigenvalue weighted by Gasteiger charge is 2.04. The Labute approximate surface area is 68.7 Å². The number of pyridine rings is 1. The van der Waals surface area contributed by atoms with Gasteiger partial charge in [-0.05, 0) is 19.9 Å². The molecule has 1 aromatic rings. The van der Waals surface area contributed by atoms with Gasteiger partial charge in [-0.1, -0.05) is 6.92 Å². The van der Waals surface area contributed by atoms with E-state index in [2.05, 4.69) is 43.7 Å². The second-order valence-corrected chi connectivity index (χ2v) is 2.84. The van der Waals surface area contributed by atoms with Crippen molar-refractivity contribution in [3.63, 3.8) is 0 Å². The SMILES string of the molecule is CCc1ccc(C)c[n+]1CC. The normalized spacial score (nSPS) is 10.1. The third kappa shape index (κ3) is 1.79. The van der Waals surface area contributed by atoms with Gasteiger partial charge in [-0.25, -0.2) is 4.57 Å². The summed E-state index contributed by atoms with van der Waals surface area (Å²) in [6.07, 6.45) is 3.33. The maximum absolute atomic E-state index is 2.30. The van der Waals surface area contributed by atoms with Gasteiger partial charge in [0, 0.05) is 18.1 Å². The first kappa shape index (κ1) is 8.25. The molecule has 0 aromatic carbocycles. The van der Waals surface area contributed by atoms with Crippen LogP contribution in [-0.4, -0.2) is 0 Å². The van der Waals surface area contributed by atoms with Crippen molar-refractivity contribution in [1.29, 1.82) is 0 Å². The Balaban J connectivity index is 3.06. The minimum atomic E-state index is 1.07. The van der Waals surface area contributed by atoms with E-state index in [4.69, 9.17) is 0 Å². The molecule has 0 saturated heterocycles. The van der Waals surface area contributed by atoms with Crippen molar-refractivity contribution in [2.75, 3.05) is 0 Å². The van der Waals surface area contributed by atoms with Gasteiger partial charge in [0.2, 0.25) is 0 Å². The van der Waals surface area contributed by atoms with E-state index in [-0.39, 0.29) is 0 Å². The van der Waals surface area contributed by atoms with Crippen LogP contribution < -0.4 is 4.57 Å². The number of rotatable bonds is 2. The van der Waals surface area contributed by atoms with Crippen LogP contribution in [0.1, 0.15) is 25.1 Å². The highest BCUT2D eigenvalue weighted by Crippen LogP contribution is 1.96. The summed E-state index contributed by atoms with van der Waals surface area (Å²) in [5.74, 6) is 0. The molecule has 0 amide bonds. The maximum atomic E-state index is 2.30. The molecule has 0 fully saturated rings. The van der Waals surface area contributed by atoms with E-state index < -0.39 is 0 Å². The van der Waals surface area contributed by atoms with Gasteiger partial charge in [0.15, 0.2) is 11.9 Å². The Bertz CT molecular complexity index is 241. The Morgan fingerprint density at radius 2 is 2.00 bits per heavy atom. The monoisotopic (exact) mass is 150 g/mol. The van der Waals surface area contributed by atoms with Crippen LogP contribution in [0.15, 0.2) is 18.3 Å². The van der Waals surface area contributed by atoms with E-state index in [1.165, 1.54) is 11.3 Å². The Hall–Kier alpha value is -0.850. The lowest BCUT2D eigenvalue weighted by atomic mass is 10.2. The smallest absolute Gasteiger partial charge is 0.181 e. The molecule has 11 heavy (non-hydrogen) atoms. The first-order valence-electron chi connectivity index (χ1n) is 4.27. The van der Waals surface area contributed by atoms with Crippen molar-refractivity contribution < 1.29 is 4.57 Å². The molecule has 1 heteroatoms. The van der Waals surface area contributed by atoms with E-state index >= 15 is 0 Å². The van der Waals surface area contributed by atoms with Crippen molar-refractivity contribution in [2.24, 2.45) is 0 Å². The first-order chi connectivity index (χ1) is 5.27. The second kappa shape index (κ2) is 3.51. The number of hydrogen-bond donors (Lipinski definition) is 0. The zero-order valence-corrected chi connectivity index (χ0v) is 7.59. The van der Waals surface area contributed by atoms with Crippen molar-refractivity contribution in [3.05, 3.63) is 29.6 Å². The van der Waals surface area contributed by atoms with Gasteiger partial charge in [-0.3, -0.25) is 0 Å². The number of aryl methyl sites for hydroxylation is 3.